The molecule has 0 amide bonds. The zero-order chi connectivity index (χ0) is 31.9. The second-order valence-corrected chi connectivity index (χ2v) is 10.5. The van der Waals surface area contributed by atoms with Crippen LogP contribution in [0.25, 0.3) is 0 Å². The fourth-order valence-electron chi connectivity index (χ4n) is 3.17. The molecule has 0 spiro atoms. The summed E-state index contributed by atoms with van der Waals surface area (Å²) in [6.45, 7) is -1.89. The lowest BCUT2D eigenvalue weighted by atomic mass is 10.2. The number of unbranched alkanes of at least 4 members (excludes halogenated alkanes) is 2. The Morgan fingerprint density at radius 2 is 1.26 bits per heavy atom. The maximum absolute atomic E-state index is 12.2. The van der Waals surface area contributed by atoms with Crippen LogP contribution in [0.2, 0.25) is 0 Å². The smallest absolute Gasteiger partial charge is 0.370 e. The number of nitrogens with one attached hydrogen (secondary N) is 4. The van der Waals surface area contributed by atoms with Gasteiger partial charge in [-0.3, -0.25) is 10.1 Å². The number of hydrogen-bond donors (Lipinski definition) is 6. The molecular formula is C22H31F6N11O2S2. The van der Waals surface area contributed by atoms with E-state index < -0.39 is 30.4 Å². The predicted molar refractivity (Wildman–Crippen MR) is 154 cm³/mol. The van der Waals surface area contributed by atoms with Crippen molar-refractivity contribution in [2.75, 3.05) is 36.8 Å². The van der Waals surface area contributed by atoms with Gasteiger partial charge >= 0.3 is 12.4 Å². The first-order valence-electron chi connectivity index (χ1n) is 12.7. The van der Waals surface area contributed by atoms with Crippen molar-refractivity contribution in [1.82, 2.24) is 20.6 Å². The zero-order valence-corrected chi connectivity index (χ0v) is 24.2. The Morgan fingerprint density at radius 1 is 0.837 bits per heavy atom. The van der Waals surface area contributed by atoms with Crippen LogP contribution in [0.3, 0.4) is 0 Å². The summed E-state index contributed by atoms with van der Waals surface area (Å²) in [5.41, 5.74) is 12.3. The Labute approximate surface area is 250 Å². The van der Waals surface area contributed by atoms with Crippen LogP contribution in [0.4, 0.5) is 36.6 Å². The Balaban J connectivity index is 1.65. The van der Waals surface area contributed by atoms with Gasteiger partial charge in [-0.25, -0.2) is 20.0 Å². The highest BCUT2D eigenvalue weighted by Crippen LogP contribution is 2.19. The molecule has 2 aromatic heterocycles. The van der Waals surface area contributed by atoms with E-state index in [9.17, 15) is 36.5 Å². The summed E-state index contributed by atoms with van der Waals surface area (Å²) in [5.74, 6) is -0.508. The van der Waals surface area contributed by atoms with Crippen LogP contribution in [0, 0.1) is 10.1 Å². The van der Waals surface area contributed by atoms with Crippen molar-refractivity contribution >= 4 is 44.9 Å². The summed E-state index contributed by atoms with van der Waals surface area (Å²) < 4.78 is 73.3. The second-order valence-electron chi connectivity index (χ2n) is 8.77. The summed E-state index contributed by atoms with van der Waals surface area (Å²) in [5, 5.41) is 26.1. The van der Waals surface area contributed by atoms with Crippen LogP contribution in [0.5, 0.6) is 0 Å². The van der Waals surface area contributed by atoms with E-state index in [-0.39, 0.29) is 17.7 Å². The molecule has 0 atom stereocenters. The molecular weight excluding hydrogens is 628 g/mol. The van der Waals surface area contributed by atoms with Crippen LogP contribution in [0.1, 0.15) is 37.1 Å². The van der Waals surface area contributed by atoms with Crippen molar-refractivity contribution in [1.29, 1.82) is 0 Å². The minimum absolute atomic E-state index is 0.257. The number of aryl methyl sites for hydroxylation is 2. The number of aromatic nitrogens is 2. The Kier molecular flexibility index (Phi) is 14.2. The molecule has 2 heterocycles. The van der Waals surface area contributed by atoms with Crippen molar-refractivity contribution in [3.63, 3.8) is 0 Å². The highest BCUT2D eigenvalue weighted by molar-refractivity contribution is 7.14. The number of hydrogen-bond acceptors (Lipinski definition) is 10. The minimum atomic E-state index is -4.45. The molecule has 13 nitrogen and oxygen atoms in total. The molecule has 0 aliphatic heterocycles. The first-order chi connectivity index (χ1) is 20.2. The van der Waals surface area contributed by atoms with Crippen molar-refractivity contribution in [3.8, 4) is 0 Å². The maximum Gasteiger partial charge on any atom is 0.408 e. The number of guanidine groups is 2. The van der Waals surface area contributed by atoms with E-state index in [1.165, 1.54) is 22.7 Å². The normalized spacial score (nSPS) is 12.6. The van der Waals surface area contributed by atoms with Crippen LogP contribution < -0.4 is 32.7 Å². The standard InChI is InChI=1S/C22H31F6N11O2S2/c23-21(24,25)12-33-17(29)37-19-35-14(10-42-19)5-1-3-7-31-16(9-39(40)41)32-8-4-2-6-15-11-43-20(36-15)38-18(30)34-13-22(26,27)28/h9-11,31-32H,1-8,12-13H2,(H3,29,33,35,37)(H3,30,34,36,38). The van der Waals surface area contributed by atoms with Gasteiger partial charge in [0.15, 0.2) is 28.0 Å². The van der Waals surface area contributed by atoms with E-state index in [0.29, 0.717) is 61.9 Å². The minimum Gasteiger partial charge on any atom is -0.370 e. The van der Waals surface area contributed by atoms with E-state index in [0.717, 1.165) is 17.6 Å². The number of nitrogens with two attached hydrogens (primary N) is 2. The molecule has 0 radical (unpaired) electrons. The average Bonchev–Trinajstić information content (AvgIpc) is 3.53. The van der Waals surface area contributed by atoms with Gasteiger partial charge in [-0.05, 0) is 38.5 Å². The molecule has 2 rings (SSSR count). The third-order valence-corrected chi connectivity index (χ3v) is 6.63. The maximum atomic E-state index is 12.2. The van der Waals surface area contributed by atoms with Crippen molar-refractivity contribution < 1.29 is 31.3 Å². The highest BCUT2D eigenvalue weighted by atomic mass is 32.1. The van der Waals surface area contributed by atoms with Crippen LogP contribution in [0.15, 0.2) is 32.8 Å². The Morgan fingerprint density at radius 3 is 1.63 bits per heavy atom. The number of rotatable bonds is 17. The Hall–Kier alpha value is -3.88. The molecule has 43 heavy (non-hydrogen) atoms. The first-order valence-corrected chi connectivity index (χ1v) is 14.4. The monoisotopic (exact) mass is 659 g/mol. The van der Waals surface area contributed by atoms with Gasteiger partial charge in [0, 0.05) is 23.8 Å². The fourth-order valence-corrected chi connectivity index (χ4v) is 4.68. The molecule has 8 N–H and O–H groups in total. The lowest BCUT2D eigenvalue weighted by Crippen LogP contribution is -2.29. The molecule has 0 unspecified atom stereocenters. The lowest BCUT2D eigenvalue weighted by molar-refractivity contribution is -0.404. The number of aliphatic imine (C=N–C) groups is 2. The van der Waals surface area contributed by atoms with Gasteiger partial charge in [0.2, 0.25) is 0 Å². The topological polar surface area (TPSA) is 194 Å². The van der Waals surface area contributed by atoms with Crippen LogP contribution >= 0.6 is 22.7 Å². The van der Waals surface area contributed by atoms with Gasteiger partial charge in [-0.15, -0.1) is 22.7 Å². The largest absolute Gasteiger partial charge is 0.408 e. The molecule has 21 heteroatoms. The summed E-state index contributed by atoms with van der Waals surface area (Å²) in [6.07, 6.45) is -4.17. The van der Waals surface area contributed by atoms with Crippen molar-refractivity contribution in [2.45, 2.75) is 50.9 Å². The third kappa shape index (κ3) is 17.0. The number of thiazole rings is 2. The zero-order valence-electron chi connectivity index (χ0n) is 22.6. The van der Waals surface area contributed by atoms with E-state index >= 15 is 0 Å². The number of halogens is 6. The summed E-state index contributed by atoms with van der Waals surface area (Å²) in [4.78, 5) is 25.3. The summed E-state index contributed by atoms with van der Waals surface area (Å²) >= 11 is 2.36. The average molecular weight is 660 g/mol. The summed E-state index contributed by atoms with van der Waals surface area (Å²) in [6, 6.07) is 0. The molecule has 2 aromatic rings. The van der Waals surface area contributed by atoms with E-state index in [1.54, 1.807) is 10.8 Å². The lowest BCUT2D eigenvalue weighted by Gasteiger charge is -2.11. The molecule has 0 saturated heterocycles. The number of nitrogens with zero attached hydrogens (tertiary/aromatic N) is 5. The van der Waals surface area contributed by atoms with Crippen LogP contribution in [-0.4, -0.2) is 65.3 Å². The fraction of sp³-hybridized carbons (Fsp3) is 0.545. The SMILES string of the molecule is N/C(=N/CC(F)(F)F)Nc1nc(CCCCNC(=C[N+](=O)[O-])NCCCCc2csc(N/C(N)=N\CC(F)(F)F)n2)cs1. The van der Waals surface area contributed by atoms with E-state index in [4.69, 9.17) is 11.5 Å². The van der Waals surface area contributed by atoms with Crippen molar-refractivity contribution in [2.24, 2.45) is 21.5 Å². The molecule has 0 fully saturated rings. The molecule has 0 aromatic carbocycles. The number of alkyl halides is 6. The van der Waals surface area contributed by atoms with Gasteiger partial charge < -0.3 is 32.7 Å². The van der Waals surface area contributed by atoms with Gasteiger partial charge in [0.05, 0.1) is 16.3 Å². The molecule has 0 aliphatic rings. The van der Waals surface area contributed by atoms with Gasteiger partial charge in [0.1, 0.15) is 13.1 Å². The van der Waals surface area contributed by atoms with Crippen molar-refractivity contribution in [3.05, 3.63) is 44.3 Å². The summed E-state index contributed by atoms with van der Waals surface area (Å²) in [7, 11) is 0. The molecule has 240 valence electrons. The van der Waals surface area contributed by atoms with Gasteiger partial charge in [-0.2, -0.15) is 26.3 Å². The molecule has 0 aliphatic carbocycles. The second kappa shape index (κ2) is 17.3. The predicted octanol–water partition coefficient (Wildman–Crippen LogP) is 3.78. The van der Waals surface area contributed by atoms with E-state index in [1.807, 2.05) is 0 Å². The Bertz CT molecular complexity index is 1160. The first kappa shape index (κ1) is 35.3. The number of anilines is 2. The molecule has 0 saturated carbocycles. The van der Waals surface area contributed by atoms with Gasteiger partial charge in [0.25, 0.3) is 6.20 Å². The highest BCUT2D eigenvalue weighted by Gasteiger charge is 2.27. The molecule has 0 bridgehead atoms. The third-order valence-electron chi connectivity index (χ3n) is 5.02. The number of nitro groups is 1. The quantitative estimate of drug-likeness (QED) is 0.0364. The van der Waals surface area contributed by atoms with E-state index in [2.05, 4.69) is 41.2 Å². The van der Waals surface area contributed by atoms with Crippen LogP contribution in [-0.2, 0) is 12.8 Å². The van der Waals surface area contributed by atoms with Gasteiger partial charge in [-0.1, -0.05) is 0 Å².